The number of anilines is 1. The van der Waals surface area contributed by atoms with E-state index in [1.165, 1.54) is 29.3 Å². The molecular weight excluding hydrogens is 297 g/mol. The first-order valence-corrected chi connectivity index (χ1v) is 7.86. The number of benzene rings is 3. The van der Waals surface area contributed by atoms with Gasteiger partial charge in [-0.05, 0) is 41.1 Å². The van der Waals surface area contributed by atoms with E-state index < -0.39 is 0 Å². The van der Waals surface area contributed by atoms with E-state index in [2.05, 4.69) is 17.4 Å². The predicted molar refractivity (Wildman–Crippen MR) is 89.7 cm³/mol. The topological polar surface area (TPSA) is 29.1 Å². The number of halogens is 1. The minimum atomic E-state index is -0.361. The highest BCUT2D eigenvalue weighted by Crippen LogP contribution is 2.23. The molecule has 0 aromatic heterocycles. The van der Waals surface area contributed by atoms with Crippen LogP contribution in [0.5, 0.6) is 0 Å². The molecule has 0 aliphatic heterocycles. The average Bonchev–Trinajstić information content (AvgIpc) is 2.53. The SMILES string of the molecule is O=C(CSc1ccc2ccccc2c1)Nc1cccc(F)c1. The zero-order chi connectivity index (χ0) is 15.4. The van der Waals surface area contributed by atoms with Crippen LogP contribution in [0.2, 0.25) is 0 Å². The van der Waals surface area contributed by atoms with Crippen molar-refractivity contribution in [2.75, 3.05) is 11.1 Å². The fourth-order valence-electron chi connectivity index (χ4n) is 2.17. The van der Waals surface area contributed by atoms with E-state index in [-0.39, 0.29) is 17.5 Å². The molecule has 0 radical (unpaired) electrons. The normalized spacial score (nSPS) is 10.6. The molecule has 0 saturated heterocycles. The Bertz CT molecular complexity index is 819. The first kappa shape index (κ1) is 14.6. The van der Waals surface area contributed by atoms with Gasteiger partial charge in [0.25, 0.3) is 0 Å². The van der Waals surface area contributed by atoms with Gasteiger partial charge in [-0.1, -0.05) is 36.4 Å². The third-order valence-electron chi connectivity index (χ3n) is 3.20. The Hall–Kier alpha value is -2.33. The summed E-state index contributed by atoms with van der Waals surface area (Å²) in [6.07, 6.45) is 0. The highest BCUT2D eigenvalue weighted by Gasteiger charge is 2.05. The van der Waals surface area contributed by atoms with E-state index in [4.69, 9.17) is 0 Å². The highest BCUT2D eigenvalue weighted by atomic mass is 32.2. The average molecular weight is 311 g/mol. The van der Waals surface area contributed by atoms with Crippen molar-refractivity contribution >= 4 is 34.1 Å². The monoisotopic (exact) mass is 311 g/mol. The minimum absolute atomic E-state index is 0.149. The number of hydrogen-bond donors (Lipinski definition) is 1. The molecule has 0 fully saturated rings. The molecule has 0 aliphatic rings. The number of rotatable bonds is 4. The van der Waals surface area contributed by atoms with E-state index >= 15 is 0 Å². The maximum Gasteiger partial charge on any atom is 0.234 e. The number of nitrogens with one attached hydrogen (secondary N) is 1. The largest absolute Gasteiger partial charge is 0.325 e. The lowest BCUT2D eigenvalue weighted by atomic mass is 10.1. The number of hydrogen-bond acceptors (Lipinski definition) is 2. The molecule has 1 amide bonds. The Kier molecular flexibility index (Phi) is 4.39. The van der Waals surface area contributed by atoms with Crippen molar-refractivity contribution in [1.82, 2.24) is 0 Å². The van der Waals surface area contributed by atoms with Gasteiger partial charge in [-0.3, -0.25) is 4.79 Å². The first-order chi connectivity index (χ1) is 10.7. The molecule has 2 nitrogen and oxygen atoms in total. The third-order valence-corrected chi connectivity index (χ3v) is 4.19. The molecule has 0 atom stereocenters. The summed E-state index contributed by atoms with van der Waals surface area (Å²) in [5.74, 6) is -0.224. The van der Waals surface area contributed by atoms with Crippen molar-refractivity contribution in [3.63, 3.8) is 0 Å². The number of fused-ring (bicyclic) bond motifs is 1. The van der Waals surface area contributed by atoms with Gasteiger partial charge in [-0.15, -0.1) is 11.8 Å². The number of carbonyl (C=O) groups is 1. The summed E-state index contributed by atoms with van der Waals surface area (Å²) in [5, 5.41) is 5.02. The first-order valence-electron chi connectivity index (χ1n) is 6.88. The quantitative estimate of drug-likeness (QED) is 0.707. The molecule has 110 valence electrons. The predicted octanol–water partition coefficient (Wildman–Crippen LogP) is 4.71. The van der Waals surface area contributed by atoms with Crippen LogP contribution in [0.15, 0.2) is 71.6 Å². The van der Waals surface area contributed by atoms with Gasteiger partial charge in [0, 0.05) is 10.6 Å². The molecule has 1 N–H and O–H groups in total. The Balaban J connectivity index is 1.62. The summed E-state index contributed by atoms with van der Waals surface area (Å²) < 4.78 is 13.1. The molecule has 0 unspecified atom stereocenters. The van der Waals surface area contributed by atoms with E-state index in [1.807, 2.05) is 30.3 Å². The van der Waals surface area contributed by atoms with Gasteiger partial charge in [-0.2, -0.15) is 0 Å². The lowest BCUT2D eigenvalue weighted by Crippen LogP contribution is -2.13. The number of amides is 1. The summed E-state index contributed by atoms with van der Waals surface area (Å²) in [4.78, 5) is 12.9. The molecule has 0 bridgehead atoms. The Morgan fingerprint density at radius 3 is 2.59 bits per heavy atom. The lowest BCUT2D eigenvalue weighted by molar-refractivity contribution is -0.113. The van der Waals surface area contributed by atoms with Crippen molar-refractivity contribution in [3.05, 3.63) is 72.5 Å². The van der Waals surface area contributed by atoms with Crippen LogP contribution in [0.25, 0.3) is 10.8 Å². The molecule has 0 heterocycles. The van der Waals surface area contributed by atoms with Crippen molar-refractivity contribution < 1.29 is 9.18 Å². The van der Waals surface area contributed by atoms with Crippen LogP contribution < -0.4 is 5.32 Å². The summed E-state index contributed by atoms with van der Waals surface area (Å²) in [7, 11) is 0. The fraction of sp³-hybridized carbons (Fsp3) is 0.0556. The molecule has 0 spiro atoms. The maximum absolute atomic E-state index is 13.1. The number of carbonyl (C=O) groups excluding carboxylic acids is 1. The van der Waals surface area contributed by atoms with Crippen LogP contribution in [0, 0.1) is 5.82 Å². The summed E-state index contributed by atoms with van der Waals surface area (Å²) in [6, 6.07) is 20.1. The van der Waals surface area contributed by atoms with E-state index in [1.54, 1.807) is 12.1 Å². The van der Waals surface area contributed by atoms with Crippen LogP contribution in [0.3, 0.4) is 0 Å². The van der Waals surface area contributed by atoms with Crippen molar-refractivity contribution in [3.8, 4) is 0 Å². The van der Waals surface area contributed by atoms with Gasteiger partial charge in [0.1, 0.15) is 5.82 Å². The standard InChI is InChI=1S/C18H14FNOS/c19-15-6-3-7-16(11-15)20-18(21)12-22-17-9-8-13-4-1-2-5-14(13)10-17/h1-11H,12H2,(H,20,21). The van der Waals surface area contributed by atoms with Crippen molar-refractivity contribution in [1.29, 1.82) is 0 Å². The molecule has 0 saturated carbocycles. The number of thioether (sulfide) groups is 1. The van der Waals surface area contributed by atoms with Crippen molar-refractivity contribution in [2.24, 2.45) is 0 Å². The second kappa shape index (κ2) is 6.62. The third kappa shape index (κ3) is 3.65. The molecule has 22 heavy (non-hydrogen) atoms. The van der Waals surface area contributed by atoms with Crippen LogP contribution in [-0.2, 0) is 4.79 Å². The maximum atomic E-state index is 13.1. The van der Waals surface area contributed by atoms with Crippen molar-refractivity contribution in [2.45, 2.75) is 4.90 Å². The highest BCUT2D eigenvalue weighted by molar-refractivity contribution is 8.00. The fourth-order valence-corrected chi connectivity index (χ4v) is 2.91. The summed E-state index contributed by atoms with van der Waals surface area (Å²) in [6.45, 7) is 0. The van der Waals surface area contributed by atoms with E-state index in [0.717, 1.165) is 10.3 Å². The van der Waals surface area contributed by atoms with Crippen LogP contribution >= 0.6 is 11.8 Å². The van der Waals surface area contributed by atoms with Crippen LogP contribution in [0.1, 0.15) is 0 Å². The summed E-state index contributed by atoms with van der Waals surface area (Å²) in [5.41, 5.74) is 0.476. The smallest absolute Gasteiger partial charge is 0.234 e. The second-order valence-corrected chi connectivity index (χ2v) is 5.90. The lowest BCUT2D eigenvalue weighted by Gasteiger charge is -2.06. The van der Waals surface area contributed by atoms with Gasteiger partial charge >= 0.3 is 0 Å². The minimum Gasteiger partial charge on any atom is -0.325 e. The van der Waals surface area contributed by atoms with Gasteiger partial charge in [0.2, 0.25) is 5.91 Å². The molecule has 3 rings (SSSR count). The molecule has 3 aromatic carbocycles. The van der Waals surface area contributed by atoms with Gasteiger partial charge in [0.05, 0.1) is 5.75 Å². The molecule has 4 heteroatoms. The Morgan fingerprint density at radius 1 is 0.955 bits per heavy atom. The second-order valence-electron chi connectivity index (χ2n) is 4.86. The van der Waals surface area contributed by atoms with E-state index in [9.17, 15) is 9.18 Å². The van der Waals surface area contributed by atoms with Gasteiger partial charge in [0.15, 0.2) is 0 Å². The molecule has 3 aromatic rings. The van der Waals surface area contributed by atoms with E-state index in [0.29, 0.717) is 5.69 Å². The Morgan fingerprint density at radius 2 is 1.77 bits per heavy atom. The zero-order valence-electron chi connectivity index (χ0n) is 11.8. The zero-order valence-corrected chi connectivity index (χ0v) is 12.6. The van der Waals surface area contributed by atoms with Crippen LogP contribution in [-0.4, -0.2) is 11.7 Å². The van der Waals surface area contributed by atoms with Gasteiger partial charge in [-0.25, -0.2) is 4.39 Å². The molecule has 0 aliphatic carbocycles. The Labute approximate surface area is 132 Å². The van der Waals surface area contributed by atoms with Gasteiger partial charge < -0.3 is 5.32 Å². The van der Waals surface area contributed by atoms with Crippen LogP contribution in [0.4, 0.5) is 10.1 Å². The summed E-state index contributed by atoms with van der Waals surface area (Å²) >= 11 is 1.46. The molecular formula is C18H14FNOS.